The summed E-state index contributed by atoms with van der Waals surface area (Å²) in [4.78, 5) is 22.8. The minimum Gasteiger partial charge on any atom is -0.489 e. The number of alkyl halides is 2. The Morgan fingerprint density at radius 1 is 0.773 bits per heavy atom. The molecule has 0 radical (unpaired) electrons. The number of rotatable bonds is 7. The minimum atomic E-state index is -0.118. The molecule has 0 spiro atoms. The van der Waals surface area contributed by atoms with Crippen LogP contribution >= 0.6 is 23.2 Å². The van der Waals surface area contributed by atoms with Crippen molar-refractivity contribution in [3.63, 3.8) is 0 Å². The maximum Gasteiger partial charge on any atom is 0.177 e. The van der Waals surface area contributed by atoms with Gasteiger partial charge in [0.15, 0.2) is 11.6 Å². The molecule has 114 valence electrons. The normalized spacial score (nSPS) is 10.3. The van der Waals surface area contributed by atoms with Gasteiger partial charge in [-0.3, -0.25) is 9.59 Å². The van der Waals surface area contributed by atoms with Gasteiger partial charge < -0.3 is 4.74 Å². The van der Waals surface area contributed by atoms with Gasteiger partial charge in [0, 0.05) is 11.1 Å². The zero-order valence-electron chi connectivity index (χ0n) is 11.7. The van der Waals surface area contributed by atoms with Crippen molar-refractivity contribution in [2.75, 3.05) is 11.8 Å². The first-order chi connectivity index (χ1) is 10.6. The van der Waals surface area contributed by atoms with Gasteiger partial charge in [-0.1, -0.05) is 24.3 Å². The Morgan fingerprint density at radius 2 is 1.23 bits per heavy atom. The van der Waals surface area contributed by atoms with E-state index in [1.165, 1.54) is 0 Å². The fraction of sp³-hybridized carbons (Fsp3) is 0.176. The molecular weight excluding hydrogens is 323 g/mol. The van der Waals surface area contributed by atoms with Crippen molar-refractivity contribution in [3.8, 4) is 5.75 Å². The first kappa shape index (κ1) is 16.5. The fourth-order valence-corrected chi connectivity index (χ4v) is 2.15. The zero-order chi connectivity index (χ0) is 15.9. The smallest absolute Gasteiger partial charge is 0.177 e. The molecule has 0 heterocycles. The Balaban J connectivity index is 1.95. The van der Waals surface area contributed by atoms with Gasteiger partial charge in [0.2, 0.25) is 0 Å². The number of ketones is 2. The monoisotopic (exact) mass is 336 g/mol. The van der Waals surface area contributed by atoms with E-state index in [4.69, 9.17) is 27.9 Å². The highest BCUT2D eigenvalue weighted by Crippen LogP contribution is 2.15. The molecule has 2 rings (SSSR count). The van der Waals surface area contributed by atoms with E-state index in [2.05, 4.69) is 0 Å². The summed E-state index contributed by atoms with van der Waals surface area (Å²) in [6.07, 6.45) is 0. The lowest BCUT2D eigenvalue weighted by atomic mass is 10.1. The van der Waals surface area contributed by atoms with E-state index in [1.54, 1.807) is 36.4 Å². The van der Waals surface area contributed by atoms with Crippen LogP contribution in [0.2, 0.25) is 0 Å². The molecule has 0 aliphatic heterocycles. The van der Waals surface area contributed by atoms with E-state index in [9.17, 15) is 9.59 Å². The van der Waals surface area contributed by atoms with Crippen LogP contribution in [0.25, 0.3) is 0 Å². The molecule has 0 saturated heterocycles. The van der Waals surface area contributed by atoms with E-state index >= 15 is 0 Å². The average Bonchev–Trinajstić information content (AvgIpc) is 2.59. The molecule has 0 saturated carbocycles. The van der Waals surface area contributed by atoms with Gasteiger partial charge in [0.25, 0.3) is 0 Å². The predicted molar refractivity (Wildman–Crippen MR) is 87.3 cm³/mol. The fourth-order valence-electron chi connectivity index (χ4n) is 1.84. The molecule has 3 nitrogen and oxygen atoms in total. The van der Waals surface area contributed by atoms with E-state index in [0.717, 1.165) is 5.56 Å². The lowest BCUT2D eigenvalue weighted by Gasteiger charge is -2.07. The molecule has 0 bridgehead atoms. The highest BCUT2D eigenvalue weighted by Gasteiger charge is 2.05. The average molecular weight is 337 g/mol. The number of ether oxygens (including phenoxy) is 1. The third kappa shape index (κ3) is 4.33. The Bertz CT molecular complexity index is 589. The summed E-state index contributed by atoms with van der Waals surface area (Å²) in [6, 6.07) is 13.9. The van der Waals surface area contributed by atoms with Crippen LogP contribution < -0.4 is 4.74 Å². The molecule has 0 aromatic heterocycles. The van der Waals surface area contributed by atoms with Crippen LogP contribution in [-0.2, 0) is 6.61 Å². The van der Waals surface area contributed by atoms with Crippen LogP contribution in [-0.4, -0.2) is 23.3 Å². The molecule has 2 aromatic rings. The Hall–Kier alpha value is -1.84. The summed E-state index contributed by atoms with van der Waals surface area (Å²) in [6.45, 7) is 0.373. The molecule has 0 aliphatic rings. The molecular formula is C17H14Cl2O3. The van der Waals surface area contributed by atoms with Crippen molar-refractivity contribution in [2.45, 2.75) is 6.61 Å². The summed E-state index contributed by atoms with van der Waals surface area (Å²) in [5, 5.41) is 0. The Morgan fingerprint density at radius 3 is 1.68 bits per heavy atom. The first-order valence-electron chi connectivity index (χ1n) is 6.64. The number of Topliss-reactive ketones (excluding diaryl/α,β-unsaturated/α-hetero) is 2. The van der Waals surface area contributed by atoms with Gasteiger partial charge in [-0.05, 0) is 29.8 Å². The maximum atomic E-state index is 11.4. The molecule has 0 amide bonds. The van der Waals surface area contributed by atoms with Crippen molar-refractivity contribution in [1.82, 2.24) is 0 Å². The molecule has 22 heavy (non-hydrogen) atoms. The van der Waals surface area contributed by atoms with E-state index in [1.807, 2.05) is 12.1 Å². The molecule has 0 N–H and O–H groups in total. The van der Waals surface area contributed by atoms with E-state index in [0.29, 0.717) is 23.5 Å². The lowest BCUT2D eigenvalue weighted by molar-refractivity contribution is 0.101. The molecule has 0 atom stereocenters. The van der Waals surface area contributed by atoms with Crippen molar-refractivity contribution >= 4 is 34.8 Å². The third-order valence-corrected chi connectivity index (χ3v) is 3.59. The van der Waals surface area contributed by atoms with Crippen LogP contribution in [0.15, 0.2) is 48.5 Å². The minimum absolute atomic E-state index is 0.0246. The van der Waals surface area contributed by atoms with Crippen LogP contribution in [0, 0.1) is 0 Å². The van der Waals surface area contributed by atoms with Crippen molar-refractivity contribution in [2.24, 2.45) is 0 Å². The Kier molecular flexibility index (Phi) is 5.99. The van der Waals surface area contributed by atoms with Crippen molar-refractivity contribution in [1.29, 1.82) is 0 Å². The SMILES string of the molecule is O=C(CCl)c1ccc(COc2ccc(C(=O)CCl)cc2)cc1. The summed E-state index contributed by atoms with van der Waals surface area (Å²) >= 11 is 11.0. The van der Waals surface area contributed by atoms with Crippen molar-refractivity contribution < 1.29 is 14.3 Å². The Labute approximate surface area is 138 Å². The van der Waals surface area contributed by atoms with E-state index in [-0.39, 0.29) is 23.3 Å². The number of benzene rings is 2. The second-order valence-corrected chi connectivity index (χ2v) is 5.16. The largest absolute Gasteiger partial charge is 0.489 e. The van der Waals surface area contributed by atoms with E-state index < -0.39 is 0 Å². The first-order valence-corrected chi connectivity index (χ1v) is 7.71. The van der Waals surface area contributed by atoms with Gasteiger partial charge >= 0.3 is 0 Å². The molecule has 5 heteroatoms. The topological polar surface area (TPSA) is 43.4 Å². The quantitative estimate of drug-likeness (QED) is 0.564. The van der Waals surface area contributed by atoms with Crippen LogP contribution in [0.5, 0.6) is 5.75 Å². The molecule has 0 aliphatic carbocycles. The standard InChI is InChI=1S/C17H14Cl2O3/c18-9-16(20)13-3-1-12(2-4-13)11-22-15-7-5-14(6-8-15)17(21)10-19/h1-8H,9-11H2. The van der Waals surface area contributed by atoms with Gasteiger partial charge in [0.05, 0.1) is 11.8 Å². The number of hydrogen-bond donors (Lipinski definition) is 0. The summed E-state index contributed by atoms with van der Waals surface area (Å²) in [5.41, 5.74) is 2.08. The molecule has 0 unspecified atom stereocenters. The summed E-state index contributed by atoms with van der Waals surface area (Å²) in [5.74, 6) is 0.380. The number of hydrogen-bond acceptors (Lipinski definition) is 3. The van der Waals surface area contributed by atoms with Gasteiger partial charge in [-0.25, -0.2) is 0 Å². The highest BCUT2D eigenvalue weighted by molar-refractivity contribution is 6.30. The predicted octanol–water partition coefficient (Wildman–Crippen LogP) is 4.11. The number of halogens is 2. The second kappa shape index (κ2) is 7.97. The zero-order valence-corrected chi connectivity index (χ0v) is 13.2. The summed E-state index contributed by atoms with van der Waals surface area (Å²) < 4.78 is 5.63. The number of carbonyl (C=O) groups is 2. The van der Waals surface area contributed by atoms with Crippen LogP contribution in [0.3, 0.4) is 0 Å². The van der Waals surface area contributed by atoms with Gasteiger partial charge in [-0.15, -0.1) is 23.2 Å². The van der Waals surface area contributed by atoms with Crippen LogP contribution in [0.1, 0.15) is 26.3 Å². The molecule has 2 aromatic carbocycles. The van der Waals surface area contributed by atoms with Crippen LogP contribution in [0.4, 0.5) is 0 Å². The van der Waals surface area contributed by atoms with Crippen molar-refractivity contribution in [3.05, 3.63) is 65.2 Å². The number of carbonyl (C=O) groups excluding carboxylic acids is 2. The summed E-state index contributed by atoms with van der Waals surface area (Å²) in [7, 11) is 0. The van der Waals surface area contributed by atoms with Gasteiger partial charge in [-0.2, -0.15) is 0 Å². The lowest BCUT2D eigenvalue weighted by Crippen LogP contribution is -2.02. The highest BCUT2D eigenvalue weighted by atomic mass is 35.5. The van der Waals surface area contributed by atoms with Gasteiger partial charge in [0.1, 0.15) is 12.4 Å². The maximum absolute atomic E-state index is 11.4. The third-order valence-electron chi connectivity index (χ3n) is 3.10. The second-order valence-electron chi connectivity index (χ2n) is 4.62. The molecule has 0 fully saturated rings.